The lowest BCUT2D eigenvalue weighted by atomic mass is 10.0. The molecule has 0 aliphatic rings. The molecular weight excluding hydrogens is 412 g/mol. The molecule has 6 nitrogen and oxygen atoms in total. The van der Waals surface area contributed by atoms with E-state index >= 15 is 0 Å². The summed E-state index contributed by atoms with van der Waals surface area (Å²) in [5.74, 6) is 2.65. The van der Waals surface area contributed by atoms with Crippen LogP contribution in [0.25, 0.3) is 21.3 Å². The number of hydrogen-bond donors (Lipinski definition) is 1. The van der Waals surface area contributed by atoms with Gasteiger partial charge in [0.1, 0.15) is 16.4 Å². The fourth-order valence-electron chi connectivity index (χ4n) is 3.77. The van der Waals surface area contributed by atoms with Gasteiger partial charge in [-0.1, -0.05) is 17.7 Å². The van der Waals surface area contributed by atoms with Gasteiger partial charge in [-0.25, -0.2) is 4.98 Å². The van der Waals surface area contributed by atoms with Crippen molar-refractivity contribution in [3.63, 3.8) is 0 Å². The zero-order chi connectivity index (χ0) is 22.1. The molecule has 2 aromatic heterocycles. The van der Waals surface area contributed by atoms with Crippen molar-refractivity contribution in [1.82, 2.24) is 9.97 Å². The van der Waals surface area contributed by atoms with Crippen molar-refractivity contribution in [2.75, 3.05) is 21.3 Å². The molecule has 0 unspecified atom stereocenters. The van der Waals surface area contributed by atoms with Crippen molar-refractivity contribution in [3.05, 3.63) is 68.6 Å². The third kappa shape index (κ3) is 3.88. The van der Waals surface area contributed by atoms with Crippen LogP contribution in [-0.2, 0) is 6.42 Å². The van der Waals surface area contributed by atoms with E-state index in [-0.39, 0.29) is 5.56 Å². The first-order valence-electron chi connectivity index (χ1n) is 9.83. The number of methoxy groups -OCH3 is 3. The topological polar surface area (TPSA) is 73.4 Å². The summed E-state index contributed by atoms with van der Waals surface area (Å²) >= 11 is 1.52. The first-order chi connectivity index (χ1) is 14.9. The predicted molar refractivity (Wildman–Crippen MR) is 124 cm³/mol. The Hall–Kier alpha value is -3.32. The molecule has 4 rings (SSSR count). The Kier molecular flexibility index (Phi) is 5.69. The van der Waals surface area contributed by atoms with E-state index in [4.69, 9.17) is 19.2 Å². The molecule has 2 aromatic carbocycles. The number of fused-ring (bicyclic) bond motifs is 1. The first kappa shape index (κ1) is 20.9. The number of ether oxygens (including phenoxy) is 3. The molecule has 31 heavy (non-hydrogen) atoms. The maximum Gasteiger partial charge on any atom is 0.260 e. The summed E-state index contributed by atoms with van der Waals surface area (Å²) in [5.41, 5.74) is 3.71. The average molecular weight is 437 g/mol. The molecule has 0 radical (unpaired) electrons. The van der Waals surface area contributed by atoms with Crippen LogP contribution in [0.4, 0.5) is 0 Å². The van der Waals surface area contributed by atoms with E-state index in [0.29, 0.717) is 29.1 Å². The number of nitrogens with zero attached hydrogens (tertiary/aromatic N) is 1. The standard InChI is InChI=1S/C24H24N2O4S/c1-13-6-8-17(28-3)16(10-13)21-14(2)31-24-22(21)23(27)25-20(26-24)12-15-7-9-18(29-4)19(11-15)30-5/h6-11H,12H2,1-5H3,(H,25,26,27). The molecule has 4 aromatic rings. The van der Waals surface area contributed by atoms with Crippen LogP contribution in [0.1, 0.15) is 21.8 Å². The molecular formula is C24H24N2O4S. The van der Waals surface area contributed by atoms with Crippen molar-refractivity contribution < 1.29 is 14.2 Å². The minimum absolute atomic E-state index is 0.150. The van der Waals surface area contributed by atoms with E-state index in [1.165, 1.54) is 11.3 Å². The van der Waals surface area contributed by atoms with Gasteiger partial charge < -0.3 is 19.2 Å². The van der Waals surface area contributed by atoms with Gasteiger partial charge in [0.25, 0.3) is 5.56 Å². The summed E-state index contributed by atoms with van der Waals surface area (Å²) in [4.78, 5) is 22.6. The molecule has 0 bridgehead atoms. The van der Waals surface area contributed by atoms with E-state index in [1.54, 1.807) is 21.3 Å². The normalized spacial score (nSPS) is 11.0. The summed E-state index contributed by atoms with van der Waals surface area (Å²) in [7, 11) is 4.84. The van der Waals surface area contributed by atoms with Gasteiger partial charge in [-0.15, -0.1) is 11.3 Å². The van der Waals surface area contributed by atoms with E-state index in [9.17, 15) is 4.79 Å². The van der Waals surface area contributed by atoms with Crippen molar-refractivity contribution in [1.29, 1.82) is 0 Å². The second-order valence-corrected chi connectivity index (χ2v) is 8.50. The molecule has 1 N–H and O–H groups in total. The van der Waals surface area contributed by atoms with Gasteiger partial charge in [-0.2, -0.15) is 0 Å². The molecule has 7 heteroatoms. The number of hydrogen-bond acceptors (Lipinski definition) is 6. The number of nitrogens with one attached hydrogen (secondary N) is 1. The quantitative estimate of drug-likeness (QED) is 0.466. The van der Waals surface area contributed by atoms with Crippen molar-refractivity contribution >= 4 is 21.6 Å². The van der Waals surface area contributed by atoms with Gasteiger partial charge in [0.15, 0.2) is 11.5 Å². The molecule has 160 valence electrons. The highest BCUT2D eigenvalue weighted by atomic mass is 32.1. The third-order valence-electron chi connectivity index (χ3n) is 5.23. The second kappa shape index (κ2) is 8.43. The Labute approximate surface area is 184 Å². The van der Waals surface area contributed by atoms with Crippen molar-refractivity contribution in [3.8, 4) is 28.4 Å². The molecule has 0 amide bonds. The molecule has 0 aliphatic carbocycles. The minimum atomic E-state index is -0.150. The summed E-state index contributed by atoms with van der Waals surface area (Å²) in [5, 5.41) is 0.600. The highest BCUT2D eigenvalue weighted by molar-refractivity contribution is 7.19. The zero-order valence-corrected chi connectivity index (χ0v) is 19.0. The molecule has 0 aliphatic heterocycles. The molecule has 0 saturated carbocycles. The van der Waals surface area contributed by atoms with Crippen LogP contribution >= 0.6 is 11.3 Å². The number of aromatic nitrogens is 2. The Balaban J connectivity index is 1.80. The smallest absolute Gasteiger partial charge is 0.260 e. The number of benzene rings is 2. The number of aryl methyl sites for hydroxylation is 2. The highest BCUT2D eigenvalue weighted by Crippen LogP contribution is 2.40. The molecule has 0 spiro atoms. The van der Waals surface area contributed by atoms with Gasteiger partial charge in [-0.05, 0) is 43.7 Å². The fourth-order valence-corrected chi connectivity index (χ4v) is 4.83. The van der Waals surface area contributed by atoms with E-state index in [2.05, 4.69) is 4.98 Å². The summed E-state index contributed by atoms with van der Waals surface area (Å²) in [6.07, 6.45) is 0.478. The van der Waals surface area contributed by atoms with Gasteiger partial charge in [0, 0.05) is 22.4 Å². The number of rotatable bonds is 6. The lowest BCUT2D eigenvalue weighted by Gasteiger charge is -2.10. The van der Waals surface area contributed by atoms with Crippen LogP contribution in [0.15, 0.2) is 41.2 Å². The summed E-state index contributed by atoms with van der Waals surface area (Å²) in [6.45, 7) is 4.04. The Morgan fingerprint density at radius 2 is 1.65 bits per heavy atom. The number of H-pyrrole nitrogens is 1. The van der Waals surface area contributed by atoms with Gasteiger partial charge in [0.05, 0.1) is 26.7 Å². The van der Waals surface area contributed by atoms with Crippen LogP contribution in [-0.4, -0.2) is 31.3 Å². The van der Waals surface area contributed by atoms with Crippen LogP contribution in [0, 0.1) is 13.8 Å². The van der Waals surface area contributed by atoms with E-state index < -0.39 is 0 Å². The Morgan fingerprint density at radius 3 is 2.35 bits per heavy atom. The first-order valence-corrected chi connectivity index (χ1v) is 10.6. The zero-order valence-electron chi connectivity index (χ0n) is 18.2. The Bertz CT molecular complexity index is 1320. The van der Waals surface area contributed by atoms with Crippen LogP contribution in [0.3, 0.4) is 0 Å². The van der Waals surface area contributed by atoms with Crippen LogP contribution in [0.2, 0.25) is 0 Å². The number of thiophene rings is 1. The molecule has 0 saturated heterocycles. The monoisotopic (exact) mass is 436 g/mol. The predicted octanol–water partition coefficient (Wildman–Crippen LogP) is 4.89. The van der Waals surface area contributed by atoms with Crippen molar-refractivity contribution in [2.24, 2.45) is 0 Å². The Morgan fingerprint density at radius 1 is 0.935 bits per heavy atom. The maximum atomic E-state index is 13.1. The average Bonchev–Trinajstić information content (AvgIpc) is 3.09. The fraction of sp³-hybridized carbons (Fsp3) is 0.250. The molecule has 0 atom stereocenters. The lowest BCUT2D eigenvalue weighted by Crippen LogP contribution is -2.12. The third-order valence-corrected chi connectivity index (χ3v) is 6.23. The lowest BCUT2D eigenvalue weighted by molar-refractivity contribution is 0.354. The van der Waals surface area contributed by atoms with Gasteiger partial charge >= 0.3 is 0 Å². The van der Waals surface area contributed by atoms with Gasteiger partial charge in [-0.3, -0.25) is 4.79 Å². The number of aromatic amines is 1. The van der Waals surface area contributed by atoms with Crippen LogP contribution < -0.4 is 19.8 Å². The SMILES string of the molecule is COc1ccc(Cc2nc3sc(C)c(-c4cc(C)ccc4OC)c3c(=O)[nH]2)cc1OC. The van der Waals surface area contributed by atoms with E-state index in [0.717, 1.165) is 37.7 Å². The largest absolute Gasteiger partial charge is 0.496 e. The van der Waals surface area contributed by atoms with E-state index in [1.807, 2.05) is 50.2 Å². The summed E-state index contributed by atoms with van der Waals surface area (Å²) < 4.78 is 16.2. The van der Waals surface area contributed by atoms with Gasteiger partial charge in [0.2, 0.25) is 0 Å². The second-order valence-electron chi connectivity index (χ2n) is 7.30. The molecule has 2 heterocycles. The summed E-state index contributed by atoms with van der Waals surface area (Å²) in [6, 6.07) is 11.7. The maximum absolute atomic E-state index is 13.1. The van der Waals surface area contributed by atoms with Crippen molar-refractivity contribution in [2.45, 2.75) is 20.3 Å². The molecule has 0 fully saturated rings. The minimum Gasteiger partial charge on any atom is -0.496 e. The highest BCUT2D eigenvalue weighted by Gasteiger charge is 2.20. The van der Waals surface area contributed by atoms with Crippen LogP contribution in [0.5, 0.6) is 17.2 Å².